The Labute approximate surface area is 115 Å². The summed E-state index contributed by atoms with van der Waals surface area (Å²) < 4.78 is 18.1. The van der Waals surface area contributed by atoms with E-state index in [1.54, 1.807) is 19.2 Å². The standard InChI is InChI=1S/C14H16FNO2S/c1-18-12-6-7-19-14(12)13(17)11(8-16)9-2-4-10(15)5-3-9/h2-7,11,13,17H,8,16H2,1H3. The Hall–Kier alpha value is -1.43. The van der Waals surface area contributed by atoms with Crippen LogP contribution in [-0.2, 0) is 0 Å². The van der Waals surface area contributed by atoms with E-state index in [4.69, 9.17) is 10.5 Å². The van der Waals surface area contributed by atoms with Gasteiger partial charge in [-0.1, -0.05) is 12.1 Å². The van der Waals surface area contributed by atoms with Gasteiger partial charge in [0.1, 0.15) is 11.6 Å². The quantitative estimate of drug-likeness (QED) is 0.886. The second-order valence-corrected chi connectivity index (χ2v) is 5.14. The summed E-state index contributed by atoms with van der Waals surface area (Å²) in [6.07, 6.45) is -0.759. The third-order valence-electron chi connectivity index (χ3n) is 3.08. The average molecular weight is 281 g/mol. The number of aliphatic hydroxyl groups excluding tert-OH is 1. The molecule has 2 aromatic rings. The van der Waals surface area contributed by atoms with Crippen LogP contribution in [0.3, 0.4) is 0 Å². The molecule has 19 heavy (non-hydrogen) atoms. The highest BCUT2D eigenvalue weighted by molar-refractivity contribution is 7.10. The number of benzene rings is 1. The van der Waals surface area contributed by atoms with Gasteiger partial charge in [0.05, 0.1) is 18.1 Å². The summed E-state index contributed by atoms with van der Waals surface area (Å²) in [5, 5.41) is 12.3. The third kappa shape index (κ3) is 2.94. The molecule has 1 aromatic heterocycles. The van der Waals surface area contributed by atoms with Gasteiger partial charge in [0, 0.05) is 12.5 Å². The van der Waals surface area contributed by atoms with Gasteiger partial charge in [-0.05, 0) is 29.1 Å². The van der Waals surface area contributed by atoms with Crippen LogP contribution >= 0.6 is 11.3 Å². The normalized spacial score (nSPS) is 14.1. The summed E-state index contributed by atoms with van der Waals surface area (Å²) in [6.45, 7) is 0.272. The number of methoxy groups -OCH3 is 1. The predicted octanol–water partition coefficient (Wildman–Crippen LogP) is 2.67. The highest BCUT2D eigenvalue weighted by atomic mass is 32.1. The summed E-state index contributed by atoms with van der Waals surface area (Å²) >= 11 is 1.42. The lowest BCUT2D eigenvalue weighted by molar-refractivity contribution is 0.147. The molecule has 2 unspecified atom stereocenters. The molecule has 0 saturated heterocycles. The highest BCUT2D eigenvalue weighted by Crippen LogP contribution is 2.38. The molecule has 0 aliphatic carbocycles. The molecular formula is C14H16FNO2S. The monoisotopic (exact) mass is 281 g/mol. The Bertz CT molecular complexity index is 526. The molecule has 0 bridgehead atoms. The van der Waals surface area contributed by atoms with Gasteiger partial charge in [-0.15, -0.1) is 11.3 Å². The van der Waals surface area contributed by atoms with E-state index in [1.807, 2.05) is 11.4 Å². The number of aliphatic hydroxyl groups is 1. The van der Waals surface area contributed by atoms with Crippen molar-refractivity contribution in [2.45, 2.75) is 12.0 Å². The fourth-order valence-corrected chi connectivity index (χ4v) is 2.94. The van der Waals surface area contributed by atoms with E-state index in [9.17, 15) is 9.50 Å². The molecule has 3 N–H and O–H groups in total. The zero-order valence-corrected chi connectivity index (χ0v) is 11.4. The molecule has 2 atom stereocenters. The van der Waals surface area contributed by atoms with E-state index in [0.29, 0.717) is 5.75 Å². The summed E-state index contributed by atoms with van der Waals surface area (Å²) in [5.41, 5.74) is 6.56. The van der Waals surface area contributed by atoms with Crippen LogP contribution in [0.1, 0.15) is 22.5 Å². The van der Waals surface area contributed by atoms with Gasteiger partial charge < -0.3 is 15.6 Å². The number of thiophene rings is 1. The topological polar surface area (TPSA) is 55.5 Å². The SMILES string of the molecule is COc1ccsc1C(O)C(CN)c1ccc(F)cc1. The van der Waals surface area contributed by atoms with Crippen LogP contribution in [0.4, 0.5) is 4.39 Å². The van der Waals surface area contributed by atoms with E-state index in [1.165, 1.54) is 23.5 Å². The Kier molecular flexibility index (Phi) is 4.52. The van der Waals surface area contributed by atoms with Crippen LogP contribution in [0.15, 0.2) is 35.7 Å². The lowest BCUT2D eigenvalue weighted by Gasteiger charge is -2.21. The summed E-state index contributed by atoms with van der Waals surface area (Å²) in [7, 11) is 1.56. The van der Waals surface area contributed by atoms with E-state index in [2.05, 4.69) is 0 Å². The van der Waals surface area contributed by atoms with Gasteiger partial charge in [-0.3, -0.25) is 0 Å². The molecular weight excluding hydrogens is 265 g/mol. The first-order valence-electron chi connectivity index (χ1n) is 5.92. The minimum Gasteiger partial charge on any atom is -0.495 e. The highest BCUT2D eigenvalue weighted by Gasteiger charge is 2.25. The van der Waals surface area contributed by atoms with Gasteiger partial charge in [0.2, 0.25) is 0 Å². The van der Waals surface area contributed by atoms with Crippen molar-refractivity contribution in [2.24, 2.45) is 5.73 Å². The second-order valence-electron chi connectivity index (χ2n) is 4.19. The van der Waals surface area contributed by atoms with Crippen molar-refractivity contribution in [3.63, 3.8) is 0 Å². The lowest BCUT2D eigenvalue weighted by Crippen LogP contribution is -2.20. The summed E-state index contributed by atoms with van der Waals surface area (Å²) in [4.78, 5) is 0.738. The van der Waals surface area contributed by atoms with Crippen molar-refractivity contribution in [3.8, 4) is 5.75 Å². The first-order valence-corrected chi connectivity index (χ1v) is 6.80. The molecule has 0 fully saturated rings. The van der Waals surface area contributed by atoms with Crippen molar-refractivity contribution in [1.82, 2.24) is 0 Å². The number of ether oxygens (including phenoxy) is 1. The van der Waals surface area contributed by atoms with E-state index in [0.717, 1.165) is 10.4 Å². The van der Waals surface area contributed by atoms with Crippen LogP contribution in [0.25, 0.3) is 0 Å². The smallest absolute Gasteiger partial charge is 0.135 e. The van der Waals surface area contributed by atoms with Crippen LogP contribution in [0.2, 0.25) is 0 Å². The van der Waals surface area contributed by atoms with E-state index >= 15 is 0 Å². The Morgan fingerprint density at radius 2 is 2.00 bits per heavy atom. The number of hydrogen-bond donors (Lipinski definition) is 2. The maximum atomic E-state index is 12.9. The van der Waals surface area contributed by atoms with E-state index in [-0.39, 0.29) is 18.3 Å². The van der Waals surface area contributed by atoms with Crippen molar-refractivity contribution >= 4 is 11.3 Å². The van der Waals surface area contributed by atoms with Crippen LogP contribution < -0.4 is 10.5 Å². The van der Waals surface area contributed by atoms with E-state index < -0.39 is 6.10 Å². The number of rotatable bonds is 5. The van der Waals surface area contributed by atoms with Crippen molar-refractivity contribution < 1.29 is 14.2 Å². The zero-order chi connectivity index (χ0) is 13.8. The van der Waals surface area contributed by atoms with Crippen LogP contribution in [0, 0.1) is 5.82 Å². The van der Waals surface area contributed by atoms with Crippen molar-refractivity contribution in [2.75, 3.05) is 13.7 Å². The number of nitrogens with two attached hydrogens (primary N) is 1. The number of halogens is 1. The Balaban J connectivity index is 2.29. The molecule has 1 aromatic carbocycles. The second kappa shape index (κ2) is 6.14. The first kappa shape index (κ1) is 14.0. The minimum atomic E-state index is -0.759. The maximum absolute atomic E-state index is 12.9. The first-order chi connectivity index (χ1) is 9.17. The van der Waals surface area contributed by atoms with Crippen molar-refractivity contribution in [1.29, 1.82) is 0 Å². The molecule has 102 valence electrons. The van der Waals surface area contributed by atoms with Gasteiger partial charge in [0.25, 0.3) is 0 Å². The fourth-order valence-electron chi connectivity index (χ4n) is 2.03. The van der Waals surface area contributed by atoms with Crippen LogP contribution in [0.5, 0.6) is 5.75 Å². The van der Waals surface area contributed by atoms with Gasteiger partial charge >= 0.3 is 0 Å². The third-order valence-corrected chi connectivity index (χ3v) is 4.05. The molecule has 3 nitrogen and oxygen atoms in total. The summed E-state index contributed by atoms with van der Waals surface area (Å²) in [5.74, 6) is 0.0638. The lowest BCUT2D eigenvalue weighted by atomic mass is 9.92. The van der Waals surface area contributed by atoms with Gasteiger partial charge in [-0.25, -0.2) is 4.39 Å². The molecule has 0 radical (unpaired) electrons. The molecule has 0 saturated carbocycles. The van der Waals surface area contributed by atoms with Gasteiger partial charge in [-0.2, -0.15) is 0 Å². The maximum Gasteiger partial charge on any atom is 0.135 e. The average Bonchev–Trinajstić information content (AvgIpc) is 2.90. The minimum absolute atomic E-state index is 0.272. The fraction of sp³-hybridized carbons (Fsp3) is 0.286. The van der Waals surface area contributed by atoms with Gasteiger partial charge in [0.15, 0.2) is 0 Å². The largest absolute Gasteiger partial charge is 0.495 e. The molecule has 0 aliphatic heterocycles. The number of hydrogen-bond acceptors (Lipinski definition) is 4. The Morgan fingerprint density at radius 1 is 1.32 bits per heavy atom. The molecule has 0 spiro atoms. The molecule has 1 heterocycles. The molecule has 2 rings (SSSR count). The summed E-state index contributed by atoms with van der Waals surface area (Å²) in [6, 6.07) is 7.85. The zero-order valence-electron chi connectivity index (χ0n) is 10.5. The molecule has 0 aliphatic rings. The molecule has 5 heteroatoms. The van der Waals surface area contributed by atoms with Crippen molar-refractivity contribution in [3.05, 3.63) is 52.0 Å². The molecule has 0 amide bonds. The van der Waals surface area contributed by atoms with Crippen LogP contribution in [-0.4, -0.2) is 18.8 Å². The Morgan fingerprint density at radius 3 is 2.58 bits per heavy atom. The predicted molar refractivity (Wildman–Crippen MR) is 74.0 cm³/mol.